The molecule has 0 bridgehead atoms. The molecule has 1 fully saturated rings. The summed E-state index contributed by atoms with van der Waals surface area (Å²) in [6.07, 6.45) is 2.50. The smallest absolute Gasteiger partial charge is 0.276 e. The molecule has 1 aromatic rings. The van der Waals surface area contributed by atoms with Gasteiger partial charge in [0.15, 0.2) is 5.69 Å². The summed E-state index contributed by atoms with van der Waals surface area (Å²) in [5, 5.41) is 4.06. The molecule has 0 radical (unpaired) electrons. The van der Waals surface area contributed by atoms with E-state index in [1.807, 2.05) is 0 Å². The number of anilines is 1. The third kappa shape index (κ3) is 1.88. The standard InChI is InChI=1S/C10H16N4O2/c1-13-5-8(11)9(12-13)10(15)14(2)7-3-4-16-6-7/h5,7H,3-4,6,11H2,1-2H3. The molecule has 0 spiro atoms. The molecule has 2 rings (SSSR count). The molecule has 16 heavy (non-hydrogen) atoms. The van der Waals surface area contributed by atoms with Crippen molar-refractivity contribution in [3.63, 3.8) is 0 Å². The number of hydrogen-bond acceptors (Lipinski definition) is 4. The molecule has 6 heteroatoms. The van der Waals surface area contributed by atoms with Gasteiger partial charge in [-0.2, -0.15) is 5.10 Å². The predicted octanol–water partition coefficient (Wildman–Crippen LogP) is -0.137. The number of amides is 1. The highest BCUT2D eigenvalue weighted by molar-refractivity contribution is 5.97. The van der Waals surface area contributed by atoms with E-state index in [9.17, 15) is 4.79 Å². The molecule has 6 nitrogen and oxygen atoms in total. The minimum Gasteiger partial charge on any atom is -0.396 e. The highest BCUT2D eigenvalue weighted by Gasteiger charge is 2.27. The van der Waals surface area contributed by atoms with E-state index in [4.69, 9.17) is 10.5 Å². The zero-order valence-corrected chi connectivity index (χ0v) is 9.51. The molecule has 88 valence electrons. The summed E-state index contributed by atoms with van der Waals surface area (Å²) in [5.74, 6) is -0.145. The highest BCUT2D eigenvalue weighted by Crippen LogP contribution is 2.16. The van der Waals surface area contributed by atoms with Crippen LogP contribution >= 0.6 is 0 Å². The van der Waals surface area contributed by atoms with E-state index in [-0.39, 0.29) is 11.9 Å². The van der Waals surface area contributed by atoms with Crippen molar-refractivity contribution in [2.45, 2.75) is 12.5 Å². The summed E-state index contributed by atoms with van der Waals surface area (Å²) in [6, 6.07) is 0.133. The molecule has 0 saturated carbocycles. The van der Waals surface area contributed by atoms with Gasteiger partial charge in [-0.3, -0.25) is 9.48 Å². The molecular formula is C10H16N4O2. The van der Waals surface area contributed by atoms with Gasteiger partial charge < -0.3 is 15.4 Å². The fourth-order valence-electron chi connectivity index (χ4n) is 1.83. The van der Waals surface area contributed by atoms with Crippen LogP contribution in [0.25, 0.3) is 0 Å². The fourth-order valence-corrected chi connectivity index (χ4v) is 1.83. The number of ether oxygens (including phenoxy) is 1. The predicted molar refractivity (Wildman–Crippen MR) is 58.9 cm³/mol. The molecule has 0 aromatic carbocycles. The summed E-state index contributed by atoms with van der Waals surface area (Å²) in [6.45, 7) is 1.30. The number of aromatic nitrogens is 2. The van der Waals surface area contributed by atoms with E-state index < -0.39 is 0 Å². The third-order valence-electron chi connectivity index (χ3n) is 2.83. The van der Waals surface area contributed by atoms with Gasteiger partial charge >= 0.3 is 0 Å². The van der Waals surface area contributed by atoms with Crippen molar-refractivity contribution in [1.29, 1.82) is 0 Å². The molecule has 0 aliphatic carbocycles. The average Bonchev–Trinajstić information content (AvgIpc) is 2.85. The topological polar surface area (TPSA) is 73.4 Å². The van der Waals surface area contributed by atoms with Gasteiger partial charge in [-0.15, -0.1) is 0 Å². The summed E-state index contributed by atoms with van der Waals surface area (Å²) in [7, 11) is 3.50. The van der Waals surface area contributed by atoms with Crippen molar-refractivity contribution in [2.75, 3.05) is 26.0 Å². The van der Waals surface area contributed by atoms with Gasteiger partial charge in [0.1, 0.15) is 0 Å². The van der Waals surface area contributed by atoms with Crippen LogP contribution < -0.4 is 5.73 Å². The van der Waals surface area contributed by atoms with Crippen molar-refractivity contribution in [2.24, 2.45) is 7.05 Å². The van der Waals surface area contributed by atoms with E-state index in [2.05, 4.69) is 5.10 Å². The van der Waals surface area contributed by atoms with Crippen LogP contribution in [0.15, 0.2) is 6.20 Å². The minimum absolute atomic E-state index is 0.133. The number of likely N-dealkylation sites (N-methyl/N-ethyl adjacent to an activating group) is 1. The van der Waals surface area contributed by atoms with Crippen LogP contribution in [-0.4, -0.2) is 46.9 Å². The Morgan fingerprint density at radius 3 is 3.00 bits per heavy atom. The number of nitrogen functional groups attached to an aromatic ring is 1. The Morgan fingerprint density at radius 2 is 2.50 bits per heavy atom. The molecular weight excluding hydrogens is 208 g/mol. The van der Waals surface area contributed by atoms with Gasteiger partial charge in [0.25, 0.3) is 5.91 Å². The Kier molecular flexibility index (Phi) is 2.82. The van der Waals surface area contributed by atoms with Gasteiger partial charge in [0.2, 0.25) is 0 Å². The Morgan fingerprint density at radius 1 is 1.75 bits per heavy atom. The van der Waals surface area contributed by atoms with Gasteiger partial charge in [-0.1, -0.05) is 0 Å². The molecule has 1 aliphatic rings. The largest absolute Gasteiger partial charge is 0.396 e. The third-order valence-corrected chi connectivity index (χ3v) is 2.83. The molecule has 1 amide bonds. The molecule has 1 unspecified atom stereocenters. The lowest BCUT2D eigenvalue weighted by molar-refractivity contribution is 0.0705. The van der Waals surface area contributed by atoms with Crippen LogP contribution in [-0.2, 0) is 11.8 Å². The van der Waals surface area contributed by atoms with E-state index in [1.54, 1.807) is 29.9 Å². The van der Waals surface area contributed by atoms with Crippen LogP contribution in [0.1, 0.15) is 16.9 Å². The van der Waals surface area contributed by atoms with Crippen molar-refractivity contribution in [1.82, 2.24) is 14.7 Å². The second-order valence-electron chi connectivity index (χ2n) is 4.04. The summed E-state index contributed by atoms with van der Waals surface area (Å²) in [5.41, 5.74) is 6.45. The number of carbonyl (C=O) groups excluding carboxylic acids is 1. The number of nitrogens with two attached hydrogens (primary N) is 1. The van der Waals surface area contributed by atoms with Crippen LogP contribution in [0.3, 0.4) is 0 Å². The number of hydrogen-bond donors (Lipinski definition) is 1. The lowest BCUT2D eigenvalue weighted by Gasteiger charge is -2.22. The first-order valence-electron chi connectivity index (χ1n) is 5.23. The normalized spacial score (nSPS) is 20.0. The monoisotopic (exact) mass is 224 g/mol. The van der Waals surface area contributed by atoms with Gasteiger partial charge in [0, 0.05) is 26.9 Å². The number of aryl methyl sites for hydroxylation is 1. The zero-order valence-electron chi connectivity index (χ0n) is 9.51. The summed E-state index contributed by atoms with van der Waals surface area (Å²) in [4.78, 5) is 13.7. The first-order chi connectivity index (χ1) is 7.59. The van der Waals surface area contributed by atoms with Crippen molar-refractivity contribution in [3.8, 4) is 0 Å². The second-order valence-corrected chi connectivity index (χ2v) is 4.04. The van der Waals surface area contributed by atoms with Crippen LogP contribution in [0.2, 0.25) is 0 Å². The van der Waals surface area contributed by atoms with E-state index >= 15 is 0 Å². The maximum atomic E-state index is 12.1. The maximum absolute atomic E-state index is 12.1. The Hall–Kier alpha value is -1.56. The lowest BCUT2D eigenvalue weighted by atomic mass is 10.2. The lowest BCUT2D eigenvalue weighted by Crippen LogP contribution is -2.37. The average molecular weight is 224 g/mol. The summed E-state index contributed by atoms with van der Waals surface area (Å²) < 4.78 is 6.79. The van der Waals surface area contributed by atoms with Crippen LogP contribution in [0.5, 0.6) is 0 Å². The Bertz CT molecular complexity index is 396. The van der Waals surface area contributed by atoms with Crippen LogP contribution in [0.4, 0.5) is 5.69 Å². The molecule has 1 saturated heterocycles. The molecule has 2 N–H and O–H groups in total. The second kappa shape index (κ2) is 4.13. The Labute approximate surface area is 94.0 Å². The van der Waals surface area contributed by atoms with E-state index in [0.717, 1.165) is 6.42 Å². The first-order valence-corrected chi connectivity index (χ1v) is 5.23. The highest BCUT2D eigenvalue weighted by atomic mass is 16.5. The number of rotatable bonds is 2. The fraction of sp³-hybridized carbons (Fsp3) is 0.600. The molecule has 1 atom stereocenters. The van der Waals surface area contributed by atoms with E-state index in [1.165, 1.54) is 0 Å². The van der Waals surface area contributed by atoms with Gasteiger partial charge in [-0.25, -0.2) is 0 Å². The molecule has 1 aromatic heterocycles. The maximum Gasteiger partial charge on any atom is 0.276 e. The van der Waals surface area contributed by atoms with E-state index in [0.29, 0.717) is 24.6 Å². The zero-order chi connectivity index (χ0) is 11.7. The Balaban J connectivity index is 2.14. The molecule has 1 aliphatic heterocycles. The summed E-state index contributed by atoms with van der Waals surface area (Å²) >= 11 is 0. The number of nitrogens with zero attached hydrogens (tertiary/aromatic N) is 3. The first kappa shape index (κ1) is 10.9. The minimum atomic E-state index is -0.145. The molecule has 2 heterocycles. The van der Waals surface area contributed by atoms with Crippen molar-refractivity contribution in [3.05, 3.63) is 11.9 Å². The quantitative estimate of drug-likeness (QED) is 0.759. The van der Waals surface area contributed by atoms with Crippen LogP contribution in [0, 0.1) is 0 Å². The number of carbonyl (C=O) groups is 1. The SMILES string of the molecule is CN(C(=O)c1nn(C)cc1N)C1CCOC1. The van der Waals surface area contributed by atoms with Crippen molar-refractivity contribution >= 4 is 11.6 Å². The van der Waals surface area contributed by atoms with Gasteiger partial charge in [0.05, 0.1) is 18.3 Å². The van der Waals surface area contributed by atoms with Crippen molar-refractivity contribution < 1.29 is 9.53 Å². The van der Waals surface area contributed by atoms with Gasteiger partial charge in [-0.05, 0) is 6.42 Å².